The highest BCUT2D eigenvalue weighted by Gasteiger charge is 2.09. The van der Waals surface area contributed by atoms with Gasteiger partial charge in [-0.25, -0.2) is 4.99 Å². The Morgan fingerprint density at radius 1 is 1.07 bits per heavy atom. The van der Waals surface area contributed by atoms with Crippen molar-refractivity contribution in [3.63, 3.8) is 0 Å². The van der Waals surface area contributed by atoms with Crippen molar-refractivity contribution in [2.45, 2.75) is 32.7 Å². The number of guanidine groups is 1. The number of primary amides is 1. The molecule has 0 saturated carbocycles. The maximum Gasteiger partial charge on any atom is 0.251 e. The number of hydrogen-bond donors (Lipinski definition) is 4. The fourth-order valence-electron chi connectivity index (χ4n) is 3.06. The van der Waals surface area contributed by atoms with E-state index in [4.69, 9.17) is 5.73 Å². The highest BCUT2D eigenvalue weighted by molar-refractivity contribution is 14.0. The second-order valence-electron chi connectivity index (χ2n) is 6.87. The van der Waals surface area contributed by atoms with Crippen LogP contribution >= 0.6 is 24.0 Å². The van der Waals surface area contributed by atoms with Crippen molar-refractivity contribution >= 4 is 41.8 Å². The number of hydrogen-bond acceptors (Lipinski definition) is 4. The van der Waals surface area contributed by atoms with E-state index in [1.165, 1.54) is 32.4 Å². The summed E-state index contributed by atoms with van der Waals surface area (Å²) < 4.78 is 0. The number of halogens is 1. The predicted octanol–water partition coefficient (Wildman–Crippen LogP) is 1.06. The lowest BCUT2D eigenvalue weighted by molar-refractivity contribution is -0.117. The summed E-state index contributed by atoms with van der Waals surface area (Å²) in [6, 6.07) is 7.16. The van der Waals surface area contributed by atoms with Crippen molar-refractivity contribution in [1.82, 2.24) is 20.9 Å². The highest BCUT2D eigenvalue weighted by atomic mass is 127. The zero-order chi connectivity index (χ0) is 20.2. The molecule has 0 radical (unpaired) electrons. The summed E-state index contributed by atoms with van der Waals surface area (Å²) >= 11 is 0. The fraction of sp³-hybridized carbons (Fsp3) is 0.550. The first kappa shape index (κ1) is 25.2. The number of aliphatic imine (C=N–C) groups is 1. The Hall–Kier alpha value is -1.88. The number of rotatable bonds is 9. The lowest BCUT2D eigenvalue weighted by Gasteiger charge is -2.26. The van der Waals surface area contributed by atoms with Gasteiger partial charge in [-0.3, -0.25) is 9.59 Å². The standard InChI is InChI=1S/C20H32N6O2.HI/c1-2-22-20(23-10-13-26-11-4-3-5-12-26)25-14-16-6-8-17(9-7-16)19(28)24-15-18(21)27;/h6-9H,2-5,10-15H2,1H3,(H2,21,27)(H,24,28)(H2,22,23,25);1H. The molecule has 1 heterocycles. The van der Waals surface area contributed by atoms with Gasteiger partial charge in [0.15, 0.2) is 5.96 Å². The molecule has 1 aromatic rings. The Kier molecular flexibility index (Phi) is 12.3. The molecule has 9 heteroatoms. The maximum atomic E-state index is 11.9. The van der Waals surface area contributed by atoms with Crippen LogP contribution in [0.3, 0.4) is 0 Å². The minimum Gasteiger partial charge on any atom is -0.368 e. The Morgan fingerprint density at radius 3 is 2.38 bits per heavy atom. The molecule has 162 valence electrons. The zero-order valence-electron chi connectivity index (χ0n) is 17.1. The molecule has 0 spiro atoms. The van der Waals surface area contributed by atoms with E-state index in [1.807, 2.05) is 19.1 Å². The van der Waals surface area contributed by atoms with Crippen LogP contribution in [-0.4, -0.2) is 61.9 Å². The van der Waals surface area contributed by atoms with E-state index in [0.717, 1.165) is 31.2 Å². The SMILES string of the molecule is CCNC(=NCc1ccc(C(=O)NCC(N)=O)cc1)NCCN1CCCCC1.I. The van der Waals surface area contributed by atoms with Gasteiger partial charge in [-0.2, -0.15) is 0 Å². The highest BCUT2D eigenvalue weighted by Crippen LogP contribution is 2.07. The van der Waals surface area contributed by atoms with Gasteiger partial charge >= 0.3 is 0 Å². The second kappa shape index (κ2) is 14.2. The number of amides is 2. The van der Waals surface area contributed by atoms with E-state index in [9.17, 15) is 9.59 Å². The number of benzene rings is 1. The predicted molar refractivity (Wildman–Crippen MR) is 126 cm³/mol. The summed E-state index contributed by atoms with van der Waals surface area (Å²) in [5, 5.41) is 9.11. The summed E-state index contributed by atoms with van der Waals surface area (Å²) in [5.74, 6) is -0.0904. The molecule has 0 atom stereocenters. The minimum atomic E-state index is -0.567. The zero-order valence-corrected chi connectivity index (χ0v) is 19.4. The van der Waals surface area contributed by atoms with Gasteiger partial charge in [0.1, 0.15) is 0 Å². The first-order valence-corrected chi connectivity index (χ1v) is 9.98. The number of nitrogens with zero attached hydrogens (tertiary/aromatic N) is 2. The van der Waals surface area contributed by atoms with Crippen molar-refractivity contribution in [3.05, 3.63) is 35.4 Å². The van der Waals surface area contributed by atoms with Crippen LogP contribution in [0.25, 0.3) is 0 Å². The van der Waals surface area contributed by atoms with Crippen molar-refractivity contribution in [3.8, 4) is 0 Å². The van der Waals surface area contributed by atoms with Gasteiger partial charge in [-0.1, -0.05) is 18.6 Å². The maximum absolute atomic E-state index is 11.9. The summed E-state index contributed by atoms with van der Waals surface area (Å²) in [5.41, 5.74) is 6.52. The topological polar surface area (TPSA) is 112 Å². The average molecular weight is 516 g/mol. The molecular formula is C20H33IN6O2. The average Bonchev–Trinajstić information content (AvgIpc) is 2.71. The van der Waals surface area contributed by atoms with Crippen molar-refractivity contribution < 1.29 is 9.59 Å². The smallest absolute Gasteiger partial charge is 0.251 e. The molecule has 1 aliphatic heterocycles. The Morgan fingerprint density at radius 2 is 1.76 bits per heavy atom. The molecule has 1 fully saturated rings. The second-order valence-corrected chi connectivity index (χ2v) is 6.87. The molecule has 1 aromatic carbocycles. The van der Waals surface area contributed by atoms with Gasteiger partial charge < -0.3 is 26.6 Å². The van der Waals surface area contributed by atoms with Crippen molar-refractivity contribution in [2.24, 2.45) is 10.7 Å². The van der Waals surface area contributed by atoms with Crippen LogP contribution < -0.4 is 21.7 Å². The van der Waals surface area contributed by atoms with Crippen LogP contribution in [0.1, 0.15) is 42.1 Å². The molecular weight excluding hydrogens is 483 g/mol. The molecule has 0 bridgehead atoms. The van der Waals surface area contributed by atoms with Gasteiger partial charge in [-0.05, 0) is 50.6 Å². The van der Waals surface area contributed by atoms with Gasteiger partial charge in [-0.15, -0.1) is 24.0 Å². The monoisotopic (exact) mass is 516 g/mol. The number of piperidine rings is 1. The summed E-state index contributed by atoms with van der Waals surface area (Å²) in [4.78, 5) is 29.7. The largest absolute Gasteiger partial charge is 0.368 e. The lowest BCUT2D eigenvalue weighted by atomic mass is 10.1. The van der Waals surface area contributed by atoms with Crippen LogP contribution in [0.5, 0.6) is 0 Å². The van der Waals surface area contributed by atoms with Gasteiger partial charge in [0.2, 0.25) is 5.91 Å². The van der Waals surface area contributed by atoms with Crippen LogP contribution in [0.2, 0.25) is 0 Å². The first-order chi connectivity index (χ1) is 13.6. The van der Waals surface area contributed by atoms with E-state index in [1.54, 1.807) is 12.1 Å². The lowest BCUT2D eigenvalue weighted by Crippen LogP contribution is -2.42. The molecule has 0 aliphatic carbocycles. The van der Waals surface area contributed by atoms with Crippen LogP contribution in [-0.2, 0) is 11.3 Å². The van der Waals surface area contributed by atoms with Crippen LogP contribution in [0, 0.1) is 0 Å². The Bertz CT molecular complexity index is 659. The van der Waals surface area contributed by atoms with E-state index in [0.29, 0.717) is 12.1 Å². The van der Waals surface area contributed by atoms with Gasteiger partial charge in [0.25, 0.3) is 5.91 Å². The summed E-state index contributed by atoms with van der Waals surface area (Å²) in [6.45, 7) is 7.46. The molecule has 0 unspecified atom stereocenters. The molecule has 1 aliphatic rings. The molecule has 2 amide bonds. The Labute approximate surface area is 190 Å². The first-order valence-electron chi connectivity index (χ1n) is 9.98. The molecule has 5 N–H and O–H groups in total. The molecule has 8 nitrogen and oxygen atoms in total. The van der Waals surface area contributed by atoms with Crippen molar-refractivity contribution in [1.29, 1.82) is 0 Å². The molecule has 29 heavy (non-hydrogen) atoms. The number of likely N-dealkylation sites (tertiary alicyclic amines) is 1. The van der Waals surface area contributed by atoms with E-state index >= 15 is 0 Å². The molecule has 1 saturated heterocycles. The normalized spacial score (nSPS) is 14.6. The van der Waals surface area contributed by atoms with E-state index in [-0.39, 0.29) is 36.4 Å². The van der Waals surface area contributed by atoms with Gasteiger partial charge in [0, 0.05) is 25.2 Å². The number of nitrogens with one attached hydrogen (secondary N) is 3. The summed E-state index contributed by atoms with van der Waals surface area (Å²) in [6.07, 6.45) is 3.94. The van der Waals surface area contributed by atoms with Crippen LogP contribution in [0.15, 0.2) is 29.3 Å². The van der Waals surface area contributed by atoms with E-state index in [2.05, 4.69) is 25.8 Å². The van der Waals surface area contributed by atoms with Gasteiger partial charge in [0.05, 0.1) is 13.1 Å². The summed E-state index contributed by atoms with van der Waals surface area (Å²) in [7, 11) is 0. The third-order valence-corrected chi connectivity index (χ3v) is 4.57. The fourth-order valence-corrected chi connectivity index (χ4v) is 3.06. The van der Waals surface area contributed by atoms with E-state index < -0.39 is 5.91 Å². The third-order valence-electron chi connectivity index (χ3n) is 4.57. The minimum absolute atomic E-state index is 0. The Balaban J connectivity index is 0.00000420. The molecule has 2 rings (SSSR count). The van der Waals surface area contributed by atoms with Crippen molar-refractivity contribution in [2.75, 3.05) is 39.3 Å². The number of nitrogens with two attached hydrogens (primary N) is 1. The third kappa shape index (κ3) is 9.93. The quantitative estimate of drug-likeness (QED) is 0.223. The van der Waals surface area contributed by atoms with Crippen LogP contribution in [0.4, 0.5) is 0 Å². The number of carbonyl (C=O) groups excluding carboxylic acids is 2. The molecule has 0 aromatic heterocycles. The number of carbonyl (C=O) groups is 2.